The Morgan fingerprint density at radius 3 is 2.28 bits per heavy atom. The number of carbonyl (C=O) groups excluding carboxylic acids is 4. The molecule has 0 bridgehead atoms. The average molecular weight is 692 g/mol. The molecule has 6 atom stereocenters. The number of allylic oxidation sites excluding steroid dienone is 2. The molecular weight excluding hydrogens is 661 g/mol. The lowest BCUT2D eigenvalue weighted by atomic mass is 9.49. The lowest BCUT2D eigenvalue weighted by molar-refractivity contribution is -0.138. The number of nitrogens with one attached hydrogen (secondary N) is 1. The van der Waals surface area contributed by atoms with Crippen LogP contribution in [0.5, 0.6) is 11.5 Å². The number of nitrogens with zero attached hydrogens (tertiary/aromatic N) is 2. The first kappa shape index (κ1) is 31.8. The van der Waals surface area contributed by atoms with E-state index in [4.69, 9.17) is 16.3 Å². The summed E-state index contributed by atoms with van der Waals surface area (Å²) in [6.07, 6.45) is 2.30. The van der Waals surface area contributed by atoms with Gasteiger partial charge in [-0.3, -0.25) is 29.5 Å². The Hall–Kier alpha value is -5.48. The fourth-order valence-corrected chi connectivity index (χ4v) is 8.87. The van der Waals surface area contributed by atoms with Gasteiger partial charge < -0.3 is 9.84 Å². The van der Waals surface area contributed by atoms with Crippen LogP contribution in [0.25, 0.3) is 0 Å². The highest BCUT2D eigenvalue weighted by Gasteiger charge is 2.70. The van der Waals surface area contributed by atoms with Crippen LogP contribution in [0.3, 0.4) is 0 Å². The van der Waals surface area contributed by atoms with E-state index in [2.05, 4.69) is 5.43 Å². The topological polar surface area (TPSA) is 116 Å². The fourth-order valence-electron chi connectivity index (χ4n) is 8.75. The number of aromatic hydroxyl groups is 1. The zero-order valence-electron chi connectivity index (χ0n) is 26.8. The summed E-state index contributed by atoms with van der Waals surface area (Å²) in [5, 5.41) is 12.5. The van der Waals surface area contributed by atoms with E-state index in [0.29, 0.717) is 27.5 Å². The second-order valence-corrected chi connectivity index (χ2v) is 13.6. The second kappa shape index (κ2) is 11.8. The van der Waals surface area contributed by atoms with E-state index in [0.717, 1.165) is 10.6 Å². The summed E-state index contributed by atoms with van der Waals surface area (Å²) < 4.78 is 19.2. The third-order valence-corrected chi connectivity index (χ3v) is 11.1. The summed E-state index contributed by atoms with van der Waals surface area (Å²) in [6.45, 7) is 0. The van der Waals surface area contributed by atoms with Crippen LogP contribution in [0.4, 0.5) is 15.8 Å². The highest BCUT2D eigenvalue weighted by molar-refractivity contribution is 6.30. The number of hydrazine groups is 1. The molecule has 4 amide bonds. The van der Waals surface area contributed by atoms with Gasteiger partial charge in [0.05, 0.1) is 41.7 Å². The molecule has 0 radical (unpaired) electrons. The standard InChI is InChI=1S/C39H31ClFN3O6/c1-50-32-18-7-21(19-31(32)45)34-27-16-17-28-33(37(48)43(35(28)46)26-5-3-2-4-6-26)29(27)20-30-36(47)44(42-25-14-12-24(41)13-15-25)38(49)39(30,34)22-8-10-23(40)11-9-22/h2-16,18-19,28-30,33-34,42,45H,17,20H2,1H3. The van der Waals surface area contributed by atoms with Gasteiger partial charge in [0, 0.05) is 10.9 Å². The van der Waals surface area contributed by atoms with Crippen molar-refractivity contribution < 1.29 is 33.4 Å². The normalized spacial score (nSPS) is 27.1. The smallest absolute Gasteiger partial charge is 0.260 e. The number of para-hydroxylation sites is 1. The van der Waals surface area contributed by atoms with Gasteiger partial charge >= 0.3 is 0 Å². The van der Waals surface area contributed by atoms with Crippen LogP contribution in [0.15, 0.2) is 109 Å². The number of phenols is 1. The number of ether oxygens (including phenoxy) is 1. The number of fused-ring (bicyclic) bond motifs is 4. The van der Waals surface area contributed by atoms with Gasteiger partial charge in [-0.1, -0.05) is 59.6 Å². The third-order valence-electron chi connectivity index (χ3n) is 10.8. The van der Waals surface area contributed by atoms with Crippen LogP contribution < -0.4 is 15.1 Å². The molecule has 2 aliphatic carbocycles. The number of rotatable bonds is 6. The van der Waals surface area contributed by atoms with Crippen molar-refractivity contribution in [2.45, 2.75) is 24.2 Å². The summed E-state index contributed by atoms with van der Waals surface area (Å²) in [5.74, 6) is -6.03. The molecule has 11 heteroatoms. The summed E-state index contributed by atoms with van der Waals surface area (Å²) in [4.78, 5) is 59.3. The second-order valence-electron chi connectivity index (χ2n) is 13.2. The lowest BCUT2D eigenvalue weighted by Gasteiger charge is -2.50. The van der Waals surface area contributed by atoms with Crippen molar-refractivity contribution in [1.82, 2.24) is 5.01 Å². The van der Waals surface area contributed by atoms with Gasteiger partial charge in [-0.25, -0.2) is 4.39 Å². The minimum atomic E-state index is -1.56. The maximum absolute atomic E-state index is 15.2. The maximum Gasteiger partial charge on any atom is 0.260 e. The average Bonchev–Trinajstić information content (AvgIpc) is 3.50. The highest BCUT2D eigenvalue weighted by atomic mass is 35.5. The minimum absolute atomic E-state index is 0.0993. The van der Waals surface area contributed by atoms with E-state index in [1.807, 2.05) is 12.1 Å². The summed E-state index contributed by atoms with van der Waals surface area (Å²) in [5.41, 5.74) is 3.95. The number of methoxy groups -OCH3 is 1. The first-order chi connectivity index (χ1) is 24.1. The Morgan fingerprint density at radius 1 is 0.880 bits per heavy atom. The molecule has 50 heavy (non-hydrogen) atoms. The van der Waals surface area contributed by atoms with Gasteiger partial charge in [-0.15, -0.1) is 0 Å². The zero-order valence-corrected chi connectivity index (χ0v) is 27.5. The van der Waals surface area contributed by atoms with Crippen molar-refractivity contribution in [3.8, 4) is 11.5 Å². The van der Waals surface area contributed by atoms with Crippen molar-refractivity contribution in [1.29, 1.82) is 0 Å². The number of halogens is 2. The summed E-state index contributed by atoms with van der Waals surface area (Å²) in [7, 11) is 1.43. The molecule has 4 aromatic carbocycles. The van der Waals surface area contributed by atoms with E-state index < -0.39 is 52.6 Å². The molecular formula is C39H31ClFN3O6. The third kappa shape index (κ3) is 4.58. The molecule has 8 rings (SSSR count). The Bertz CT molecular complexity index is 2090. The van der Waals surface area contributed by atoms with Gasteiger partial charge in [0.15, 0.2) is 11.5 Å². The zero-order chi connectivity index (χ0) is 34.9. The number of hydrogen-bond donors (Lipinski definition) is 2. The van der Waals surface area contributed by atoms with Crippen LogP contribution >= 0.6 is 11.6 Å². The molecule has 2 saturated heterocycles. The molecule has 9 nitrogen and oxygen atoms in total. The first-order valence-corrected chi connectivity index (χ1v) is 16.7. The molecule has 0 aromatic heterocycles. The molecule has 3 fully saturated rings. The van der Waals surface area contributed by atoms with Gasteiger partial charge in [0.2, 0.25) is 11.8 Å². The SMILES string of the molecule is COc1ccc(C2C3=CCC4C(=O)N(c5ccccc5)C(=O)C4C3CC3C(=O)N(Nc4ccc(F)cc4)C(=O)C32c2ccc(Cl)cc2)cc1O. The number of hydrogen-bond acceptors (Lipinski definition) is 7. The molecule has 4 aromatic rings. The van der Waals surface area contributed by atoms with Gasteiger partial charge in [0.1, 0.15) is 5.82 Å². The first-order valence-electron chi connectivity index (χ1n) is 16.3. The van der Waals surface area contributed by atoms with Crippen LogP contribution in [0, 0.1) is 29.5 Å². The molecule has 4 aliphatic rings. The molecule has 0 spiro atoms. The molecule has 2 N–H and O–H groups in total. The van der Waals surface area contributed by atoms with Crippen LogP contribution in [0.1, 0.15) is 29.9 Å². The van der Waals surface area contributed by atoms with E-state index in [9.17, 15) is 23.9 Å². The minimum Gasteiger partial charge on any atom is -0.504 e. The number of imide groups is 2. The van der Waals surface area contributed by atoms with Crippen LogP contribution in [-0.4, -0.2) is 40.9 Å². The highest BCUT2D eigenvalue weighted by Crippen LogP contribution is 2.64. The van der Waals surface area contributed by atoms with E-state index in [1.54, 1.807) is 60.7 Å². The number of phenolic OH excluding ortho intramolecular Hbond substituents is 1. The van der Waals surface area contributed by atoms with E-state index >= 15 is 4.79 Å². The Morgan fingerprint density at radius 2 is 1.60 bits per heavy atom. The van der Waals surface area contributed by atoms with Crippen molar-refractivity contribution >= 4 is 46.6 Å². The monoisotopic (exact) mass is 691 g/mol. The van der Waals surface area contributed by atoms with E-state index in [1.165, 1.54) is 42.3 Å². The molecule has 252 valence electrons. The summed E-state index contributed by atoms with van der Waals surface area (Å²) in [6, 6.07) is 25.7. The predicted octanol–water partition coefficient (Wildman–Crippen LogP) is 6.38. The van der Waals surface area contributed by atoms with Gasteiger partial charge in [-0.2, -0.15) is 5.01 Å². The Balaban J connectivity index is 1.33. The Kier molecular flexibility index (Phi) is 7.52. The quantitative estimate of drug-likeness (QED) is 0.178. The van der Waals surface area contributed by atoms with Gasteiger partial charge in [0.25, 0.3) is 11.8 Å². The largest absolute Gasteiger partial charge is 0.504 e. The van der Waals surface area contributed by atoms with Crippen molar-refractivity contribution in [2.24, 2.45) is 23.7 Å². The predicted molar refractivity (Wildman–Crippen MR) is 183 cm³/mol. The van der Waals surface area contributed by atoms with Crippen LogP contribution in [0.2, 0.25) is 5.02 Å². The maximum atomic E-state index is 15.2. The Labute approximate surface area is 291 Å². The van der Waals surface area contributed by atoms with Crippen molar-refractivity contribution in [3.63, 3.8) is 0 Å². The van der Waals surface area contributed by atoms with Gasteiger partial charge in [-0.05, 0) is 90.6 Å². The van der Waals surface area contributed by atoms with Crippen molar-refractivity contribution in [3.05, 3.63) is 131 Å². The molecule has 2 heterocycles. The number of carbonyl (C=O) groups is 4. The van der Waals surface area contributed by atoms with Crippen LogP contribution in [-0.2, 0) is 24.6 Å². The number of amides is 4. The number of anilines is 2. The van der Waals surface area contributed by atoms with Crippen molar-refractivity contribution in [2.75, 3.05) is 17.4 Å². The lowest BCUT2D eigenvalue weighted by Crippen LogP contribution is -2.53. The summed E-state index contributed by atoms with van der Waals surface area (Å²) >= 11 is 6.34. The molecule has 2 aliphatic heterocycles. The van der Waals surface area contributed by atoms with E-state index in [-0.39, 0.29) is 36.2 Å². The molecule has 6 unspecified atom stereocenters. The number of benzene rings is 4. The fraction of sp³-hybridized carbons (Fsp3) is 0.231. The molecule has 1 saturated carbocycles.